The van der Waals surface area contributed by atoms with E-state index in [4.69, 9.17) is 4.74 Å². The van der Waals surface area contributed by atoms with E-state index in [9.17, 15) is 25.9 Å². The predicted molar refractivity (Wildman–Crippen MR) is 85.9 cm³/mol. The third-order valence-corrected chi connectivity index (χ3v) is 3.42. The molecule has 0 aromatic heterocycles. The van der Waals surface area contributed by atoms with Crippen molar-refractivity contribution in [2.24, 2.45) is 0 Å². The molecule has 0 spiro atoms. The summed E-state index contributed by atoms with van der Waals surface area (Å²) in [6, 6.07) is 5.91. The summed E-state index contributed by atoms with van der Waals surface area (Å²) < 4.78 is 70.3. The lowest BCUT2D eigenvalue weighted by molar-refractivity contribution is 0.254. The van der Waals surface area contributed by atoms with Crippen LogP contribution in [0.3, 0.4) is 0 Å². The molecule has 2 N–H and O–H groups in total. The van der Waals surface area contributed by atoms with Crippen molar-refractivity contribution in [2.75, 3.05) is 12.4 Å². The average Bonchev–Trinajstić information content (AvgIpc) is 2.54. The Morgan fingerprint density at radius 2 is 1.62 bits per heavy atom. The molecule has 140 valence electrons. The maximum atomic E-state index is 14.0. The second-order valence-electron chi connectivity index (χ2n) is 4.86. The third kappa shape index (κ3) is 5.55. The van der Waals surface area contributed by atoms with Crippen LogP contribution in [-0.4, -0.2) is 21.5 Å². The lowest BCUT2D eigenvalue weighted by atomic mass is 10.2. The van der Waals surface area contributed by atoms with Crippen molar-refractivity contribution in [3.05, 3.63) is 53.6 Å². The smallest absolute Gasteiger partial charge is 0.488 e. The Kier molecular flexibility index (Phi) is 5.93. The molecule has 2 aromatic carbocycles. The molecule has 0 aliphatic rings. The van der Waals surface area contributed by atoms with Gasteiger partial charge in [0.2, 0.25) is 0 Å². The zero-order valence-corrected chi connectivity index (χ0v) is 14.1. The number of urea groups is 1. The van der Waals surface area contributed by atoms with Gasteiger partial charge in [0.15, 0.2) is 0 Å². The second kappa shape index (κ2) is 7.95. The van der Waals surface area contributed by atoms with Crippen LogP contribution in [0, 0.1) is 11.6 Å². The number of benzene rings is 2. The molecular weight excluding hydrogens is 377 g/mol. The molecule has 11 heteroatoms. The molecule has 2 rings (SSSR count). The van der Waals surface area contributed by atoms with E-state index in [1.54, 1.807) is 0 Å². The van der Waals surface area contributed by atoms with Gasteiger partial charge >= 0.3 is 16.5 Å². The molecular formula is C15H13F3N2O5S. The summed E-state index contributed by atoms with van der Waals surface area (Å²) >= 11 is 0. The first kappa shape index (κ1) is 19.4. The van der Waals surface area contributed by atoms with E-state index in [-0.39, 0.29) is 22.7 Å². The lowest BCUT2D eigenvalue weighted by Crippen LogP contribution is -2.24. The molecule has 0 bridgehead atoms. The number of nitrogens with one attached hydrogen (secondary N) is 2. The van der Waals surface area contributed by atoms with Gasteiger partial charge in [0.1, 0.15) is 29.7 Å². The molecule has 2 aromatic rings. The first-order valence-corrected chi connectivity index (χ1v) is 8.32. The first-order valence-electron chi connectivity index (χ1n) is 7.01. The highest BCUT2D eigenvalue weighted by Gasteiger charge is 2.14. The third-order valence-electron chi connectivity index (χ3n) is 3.03. The fourth-order valence-electron chi connectivity index (χ4n) is 1.87. The topological polar surface area (TPSA) is 93.7 Å². The molecule has 0 fully saturated rings. The van der Waals surface area contributed by atoms with Crippen molar-refractivity contribution in [1.29, 1.82) is 0 Å². The van der Waals surface area contributed by atoms with E-state index >= 15 is 0 Å². The number of hydrogen-bond donors (Lipinski definition) is 2. The molecule has 2 amide bonds. The largest absolute Gasteiger partial charge is 0.489 e. The number of hydrogen-bond acceptors (Lipinski definition) is 5. The van der Waals surface area contributed by atoms with E-state index in [1.165, 1.54) is 19.2 Å². The number of halogens is 3. The van der Waals surface area contributed by atoms with Crippen LogP contribution in [0.25, 0.3) is 0 Å². The SMILES string of the molecule is CNC(=O)Nc1cc(F)c(COc2ccc(OS(=O)(=O)F)cc2)c(F)c1. The summed E-state index contributed by atoms with van der Waals surface area (Å²) in [5.74, 6) is -2.01. The van der Waals surface area contributed by atoms with Crippen molar-refractivity contribution in [3.63, 3.8) is 0 Å². The Bertz CT molecular complexity index is 881. The summed E-state index contributed by atoms with van der Waals surface area (Å²) in [4.78, 5) is 11.2. The van der Waals surface area contributed by atoms with Crippen LogP contribution in [0.5, 0.6) is 11.5 Å². The van der Waals surface area contributed by atoms with Gasteiger partial charge in [0.25, 0.3) is 0 Å². The summed E-state index contributed by atoms with van der Waals surface area (Å²) in [5, 5.41) is 4.48. The van der Waals surface area contributed by atoms with Crippen LogP contribution in [0.1, 0.15) is 5.56 Å². The van der Waals surface area contributed by atoms with Crippen molar-refractivity contribution in [1.82, 2.24) is 5.32 Å². The van der Waals surface area contributed by atoms with Crippen LogP contribution < -0.4 is 19.6 Å². The summed E-state index contributed by atoms with van der Waals surface area (Å²) in [7, 11) is -3.79. The van der Waals surface area contributed by atoms with Crippen LogP contribution in [0.2, 0.25) is 0 Å². The van der Waals surface area contributed by atoms with Gasteiger partial charge < -0.3 is 19.6 Å². The normalized spacial score (nSPS) is 10.9. The number of anilines is 1. The van der Waals surface area contributed by atoms with E-state index in [2.05, 4.69) is 14.8 Å². The number of rotatable bonds is 6. The maximum absolute atomic E-state index is 14.0. The molecule has 7 nitrogen and oxygen atoms in total. The van der Waals surface area contributed by atoms with E-state index in [1.807, 2.05) is 0 Å². The van der Waals surface area contributed by atoms with Gasteiger partial charge in [0.05, 0.1) is 5.56 Å². The van der Waals surface area contributed by atoms with Crippen molar-refractivity contribution < 1.29 is 34.8 Å². The minimum Gasteiger partial charge on any atom is -0.489 e. The van der Waals surface area contributed by atoms with Gasteiger partial charge in [-0.05, 0) is 36.4 Å². The van der Waals surface area contributed by atoms with Crippen LogP contribution in [0.15, 0.2) is 36.4 Å². The number of amides is 2. The summed E-state index contributed by atoms with van der Waals surface area (Å²) in [6.45, 7) is -0.473. The fraction of sp³-hybridized carbons (Fsp3) is 0.133. The van der Waals surface area contributed by atoms with Gasteiger partial charge in [-0.25, -0.2) is 13.6 Å². The highest BCUT2D eigenvalue weighted by Crippen LogP contribution is 2.23. The van der Waals surface area contributed by atoms with Gasteiger partial charge in [0, 0.05) is 12.7 Å². The summed E-state index contributed by atoms with van der Waals surface area (Å²) in [6.07, 6.45) is 0. The Balaban J connectivity index is 2.06. The fourth-order valence-corrected chi connectivity index (χ4v) is 2.21. The van der Waals surface area contributed by atoms with Crippen LogP contribution in [0.4, 0.5) is 23.1 Å². The Hall–Kier alpha value is -2.95. The molecule has 0 unspecified atom stereocenters. The van der Waals surface area contributed by atoms with Gasteiger partial charge in [-0.3, -0.25) is 0 Å². The van der Waals surface area contributed by atoms with E-state index < -0.39 is 34.8 Å². The maximum Gasteiger partial charge on any atom is 0.488 e. The number of carbonyl (C=O) groups is 1. The Morgan fingerprint density at radius 3 is 2.12 bits per heavy atom. The molecule has 0 saturated carbocycles. The van der Waals surface area contributed by atoms with Crippen molar-refractivity contribution in [2.45, 2.75) is 6.61 Å². The summed E-state index contributed by atoms with van der Waals surface area (Å²) in [5.41, 5.74) is -0.448. The second-order valence-corrected chi connectivity index (χ2v) is 5.81. The minimum atomic E-state index is -5.15. The molecule has 0 radical (unpaired) electrons. The van der Waals surface area contributed by atoms with Gasteiger partial charge in [-0.1, -0.05) is 3.89 Å². The average molecular weight is 390 g/mol. The molecule has 0 aliphatic heterocycles. The monoisotopic (exact) mass is 390 g/mol. The molecule has 0 heterocycles. The highest BCUT2D eigenvalue weighted by molar-refractivity contribution is 7.81. The highest BCUT2D eigenvalue weighted by atomic mass is 32.3. The van der Waals surface area contributed by atoms with Gasteiger partial charge in [-0.15, -0.1) is 0 Å². The standard InChI is InChI=1S/C15H13F3N2O5S/c1-19-15(21)20-9-6-13(16)12(14(17)7-9)8-24-10-2-4-11(5-3-10)25-26(18,22)23/h2-7H,8H2,1H3,(H2,19,20,21). The number of ether oxygens (including phenoxy) is 1. The first-order chi connectivity index (χ1) is 12.2. The van der Waals surface area contributed by atoms with Crippen LogP contribution >= 0.6 is 0 Å². The van der Waals surface area contributed by atoms with E-state index in [0.717, 1.165) is 24.3 Å². The molecule has 0 saturated heterocycles. The Labute approximate surface area is 147 Å². The van der Waals surface area contributed by atoms with Crippen molar-refractivity contribution >= 4 is 22.2 Å². The lowest BCUT2D eigenvalue weighted by Gasteiger charge is -2.11. The molecule has 0 atom stereocenters. The quantitative estimate of drug-likeness (QED) is 0.740. The zero-order chi connectivity index (χ0) is 19.3. The number of carbonyl (C=O) groups excluding carboxylic acids is 1. The molecule has 26 heavy (non-hydrogen) atoms. The molecule has 0 aliphatic carbocycles. The minimum absolute atomic E-state index is 0.0722. The predicted octanol–water partition coefficient (Wildman–Crippen LogP) is 2.89. The van der Waals surface area contributed by atoms with E-state index in [0.29, 0.717) is 0 Å². The van der Waals surface area contributed by atoms with Crippen molar-refractivity contribution in [3.8, 4) is 11.5 Å². The Morgan fingerprint density at radius 1 is 1.08 bits per heavy atom. The van der Waals surface area contributed by atoms with Gasteiger partial charge in [-0.2, -0.15) is 8.42 Å². The zero-order valence-electron chi connectivity index (χ0n) is 13.3. The van der Waals surface area contributed by atoms with Crippen LogP contribution in [-0.2, 0) is 17.1 Å².